The third-order valence-corrected chi connectivity index (χ3v) is 6.60. The lowest BCUT2D eigenvalue weighted by Crippen LogP contribution is -2.56. The van der Waals surface area contributed by atoms with Crippen LogP contribution in [0, 0.1) is 13.8 Å². The lowest BCUT2D eigenvalue weighted by Gasteiger charge is -2.42. The third kappa shape index (κ3) is 4.85. The molecule has 6 N–H and O–H groups in total. The maximum atomic E-state index is 14.8. The SMILES string of the molecule is Cc1cc(N)c(C(C)(O)C(F)(F)F)cc1C(c1cc(C(C)(O)C(F)(F)F)c(N)cc1C)(C(F)(F)F)C(F)(F)F. The highest BCUT2D eigenvalue weighted by Gasteiger charge is 2.74. The quantitative estimate of drug-likeness (QED) is 0.246. The molecular formula is C23H22F12N2O2. The maximum Gasteiger partial charge on any atom is 0.421 e. The van der Waals surface area contributed by atoms with E-state index in [-0.39, 0.29) is 26.0 Å². The van der Waals surface area contributed by atoms with Crippen LogP contribution in [0.1, 0.15) is 47.2 Å². The van der Waals surface area contributed by atoms with Gasteiger partial charge in [-0.15, -0.1) is 0 Å². The van der Waals surface area contributed by atoms with Gasteiger partial charge in [0.15, 0.2) is 11.2 Å². The van der Waals surface area contributed by atoms with Crippen LogP contribution in [-0.2, 0) is 16.6 Å². The minimum atomic E-state index is -6.46. The molecule has 2 aromatic rings. The van der Waals surface area contributed by atoms with Gasteiger partial charge in [0.25, 0.3) is 0 Å². The average molecular weight is 586 g/mol. The van der Waals surface area contributed by atoms with Crippen LogP contribution in [0.15, 0.2) is 24.3 Å². The monoisotopic (exact) mass is 586 g/mol. The van der Waals surface area contributed by atoms with Gasteiger partial charge in [0.1, 0.15) is 0 Å². The smallest absolute Gasteiger partial charge is 0.398 e. The number of aryl methyl sites for hydroxylation is 2. The van der Waals surface area contributed by atoms with Crippen LogP contribution >= 0.6 is 0 Å². The van der Waals surface area contributed by atoms with Gasteiger partial charge in [0.2, 0.25) is 5.41 Å². The van der Waals surface area contributed by atoms with E-state index in [9.17, 15) is 62.9 Å². The first-order valence-electron chi connectivity index (χ1n) is 10.6. The van der Waals surface area contributed by atoms with Crippen molar-refractivity contribution in [3.8, 4) is 0 Å². The van der Waals surface area contributed by atoms with Crippen molar-refractivity contribution in [1.82, 2.24) is 0 Å². The van der Waals surface area contributed by atoms with Gasteiger partial charge < -0.3 is 21.7 Å². The molecule has 0 saturated carbocycles. The molecular weight excluding hydrogens is 564 g/mol. The van der Waals surface area contributed by atoms with Crippen LogP contribution in [-0.4, -0.2) is 34.9 Å². The standard InChI is InChI=1S/C23H22F12N2O2/c1-9-5-15(36)13(17(3,38)20(24,25)26)7-11(9)19(22(30,31)32,23(33,34)35)12-8-14(16(37)6-10(12)2)18(4,39)21(27,28)29/h5-8,38-39H,36-37H2,1-4H3. The summed E-state index contributed by atoms with van der Waals surface area (Å²) in [6, 6.07) is 0.236. The van der Waals surface area contributed by atoms with Crippen LogP contribution in [0.25, 0.3) is 0 Å². The highest BCUT2D eigenvalue weighted by molar-refractivity contribution is 5.63. The average Bonchev–Trinajstić information content (AvgIpc) is 2.67. The number of anilines is 2. The van der Waals surface area contributed by atoms with Crippen molar-refractivity contribution in [2.45, 2.75) is 69.0 Å². The molecule has 0 fully saturated rings. The fourth-order valence-corrected chi connectivity index (χ4v) is 4.33. The van der Waals surface area contributed by atoms with Gasteiger partial charge >= 0.3 is 24.7 Å². The molecule has 2 atom stereocenters. The molecule has 16 heteroatoms. The van der Waals surface area contributed by atoms with Crippen molar-refractivity contribution in [3.05, 3.63) is 57.6 Å². The van der Waals surface area contributed by atoms with E-state index in [1.807, 2.05) is 0 Å². The number of nitrogen functional groups attached to an aromatic ring is 2. The Kier molecular flexibility index (Phi) is 7.52. The summed E-state index contributed by atoms with van der Waals surface area (Å²) in [4.78, 5) is 0. The molecule has 0 aliphatic rings. The van der Waals surface area contributed by atoms with E-state index in [1.165, 1.54) is 0 Å². The Morgan fingerprint density at radius 3 is 0.949 bits per heavy atom. The molecule has 2 rings (SSSR count). The molecule has 2 aromatic carbocycles. The summed E-state index contributed by atoms with van der Waals surface area (Å²) >= 11 is 0. The Hall–Kier alpha value is -2.88. The number of halogens is 12. The summed E-state index contributed by atoms with van der Waals surface area (Å²) in [6.07, 6.45) is -24.2. The van der Waals surface area contributed by atoms with Crippen LogP contribution in [0.5, 0.6) is 0 Å². The summed E-state index contributed by atoms with van der Waals surface area (Å²) in [7, 11) is 0. The Labute approximate surface area is 213 Å². The minimum Gasteiger partial charge on any atom is -0.398 e. The van der Waals surface area contributed by atoms with Crippen molar-refractivity contribution in [1.29, 1.82) is 0 Å². The first kappa shape index (κ1) is 32.3. The molecule has 220 valence electrons. The number of nitrogens with two attached hydrogens (primary N) is 2. The first-order valence-corrected chi connectivity index (χ1v) is 10.6. The second-order valence-corrected chi connectivity index (χ2v) is 9.39. The third-order valence-electron chi connectivity index (χ3n) is 6.60. The molecule has 0 radical (unpaired) electrons. The second kappa shape index (κ2) is 9.08. The molecule has 0 amide bonds. The first-order chi connectivity index (χ1) is 17.1. The Balaban J connectivity index is 3.28. The Morgan fingerprint density at radius 1 is 0.487 bits per heavy atom. The summed E-state index contributed by atoms with van der Waals surface area (Å²) in [5.41, 5.74) is -13.3. The molecule has 0 aromatic heterocycles. The van der Waals surface area contributed by atoms with Gasteiger partial charge in [-0.05, 0) is 74.2 Å². The molecule has 0 aliphatic carbocycles. The predicted molar refractivity (Wildman–Crippen MR) is 115 cm³/mol. The topological polar surface area (TPSA) is 92.5 Å². The van der Waals surface area contributed by atoms with Gasteiger partial charge in [-0.25, -0.2) is 0 Å². The molecule has 0 bridgehead atoms. The van der Waals surface area contributed by atoms with Gasteiger partial charge in [-0.3, -0.25) is 0 Å². The number of hydrogen-bond acceptors (Lipinski definition) is 4. The Bertz CT molecular complexity index is 1160. The highest BCUT2D eigenvalue weighted by Crippen LogP contribution is 2.59. The Morgan fingerprint density at radius 2 is 0.744 bits per heavy atom. The fourth-order valence-electron chi connectivity index (χ4n) is 4.33. The summed E-state index contributed by atoms with van der Waals surface area (Å²) in [5, 5.41) is 20.1. The van der Waals surface area contributed by atoms with Crippen LogP contribution < -0.4 is 11.5 Å². The molecule has 0 spiro atoms. The van der Waals surface area contributed by atoms with Crippen molar-refractivity contribution in [2.24, 2.45) is 0 Å². The normalized spacial score (nSPS) is 17.1. The van der Waals surface area contributed by atoms with E-state index < -0.39 is 86.1 Å². The largest absolute Gasteiger partial charge is 0.421 e. The van der Waals surface area contributed by atoms with Crippen LogP contribution in [0.3, 0.4) is 0 Å². The summed E-state index contributed by atoms with van der Waals surface area (Å²) in [5.74, 6) is 0. The van der Waals surface area contributed by atoms with E-state index in [0.717, 1.165) is 0 Å². The summed E-state index contributed by atoms with van der Waals surface area (Å²) in [6.45, 7) is 1.41. The molecule has 39 heavy (non-hydrogen) atoms. The van der Waals surface area contributed by atoms with Gasteiger partial charge in [-0.2, -0.15) is 52.7 Å². The maximum absolute atomic E-state index is 14.8. The van der Waals surface area contributed by atoms with Gasteiger partial charge in [0, 0.05) is 22.5 Å². The molecule has 0 saturated heterocycles. The van der Waals surface area contributed by atoms with Gasteiger partial charge in [0.05, 0.1) is 0 Å². The number of alkyl halides is 12. The van der Waals surface area contributed by atoms with E-state index in [1.54, 1.807) is 0 Å². The van der Waals surface area contributed by atoms with Crippen molar-refractivity contribution in [2.75, 3.05) is 11.5 Å². The van der Waals surface area contributed by atoms with Crippen molar-refractivity contribution >= 4 is 11.4 Å². The fraction of sp³-hybridized carbons (Fsp3) is 0.478. The second-order valence-electron chi connectivity index (χ2n) is 9.39. The van der Waals surface area contributed by atoms with E-state index in [0.29, 0.717) is 26.0 Å². The number of rotatable bonds is 4. The number of hydrogen-bond donors (Lipinski definition) is 4. The van der Waals surface area contributed by atoms with E-state index in [4.69, 9.17) is 11.5 Å². The predicted octanol–water partition coefficient (Wildman–Crippen LogP) is 6.42. The highest BCUT2D eigenvalue weighted by atomic mass is 19.4. The van der Waals surface area contributed by atoms with E-state index >= 15 is 0 Å². The van der Waals surface area contributed by atoms with Crippen molar-refractivity contribution < 1.29 is 62.9 Å². The lowest BCUT2D eigenvalue weighted by atomic mass is 9.68. The molecule has 2 unspecified atom stereocenters. The number of aliphatic hydroxyl groups is 2. The number of benzene rings is 2. The van der Waals surface area contributed by atoms with Crippen molar-refractivity contribution in [3.63, 3.8) is 0 Å². The molecule has 0 aliphatic heterocycles. The molecule has 4 nitrogen and oxygen atoms in total. The zero-order valence-electron chi connectivity index (χ0n) is 20.4. The van der Waals surface area contributed by atoms with Crippen LogP contribution in [0.2, 0.25) is 0 Å². The minimum absolute atomic E-state index is 0.0494. The van der Waals surface area contributed by atoms with Crippen LogP contribution in [0.4, 0.5) is 64.1 Å². The van der Waals surface area contributed by atoms with Gasteiger partial charge in [-0.1, -0.05) is 0 Å². The summed E-state index contributed by atoms with van der Waals surface area (Å²) < 4.78 is 170. The lowest BCUT2D eigenvalue weighted by molar-refractivity contribution is -0.289. The molecule has 0 heterocycles. The van der Waals surface area contributed by atoms with E-state index in [2.05, 4.69) is 0 Å². The zero-order chi connectivity index (χ0) is 30.9. The zero-order valence-corrected chi connectivity index (χ0v) is 20.4.